The van der Waals surface area contributed by atoms with Crippen molar-refractivity contribution in [3.05, 3.63) is 29.3 Å². The van der Waals surface area contributed by atoms with Gasteiger partial charge in [-0.1, -0.05) is 36.9 Å². The minimum Gasteiger partial charge on any atom is -0.369 e. The topological polar surface area (TPSA) is 64.7 Å². The van der Waals surface area contributed by atoms with Gasteiger partial charge in [-0.05, 0) is 38.0 Å². The van der Waals surface area contributed by atoms with Gasteiger partial charge in [-0.15, -0.1) is 0 Å². The molecule has 0 unspecified atom stereocenters. The third-order valence-electron chi connectivity index (χ3n) is 5.59. The molecule has 3 rings (SSSR count). The fourth-order valence-electron chi connectivity index (χ4n) is 3.89. The van der Waals surface area contributed by atoms with E-state index >= 15 is 0 Å². The molecule has 1 aromatic carbocycles. The van der Waals surface area contributed by atoms with Gasteiger partial charge in [0.05, 0.1) is 6.04 Å². The molecule has 6 nitrogen and oxygen atoms in total. The predicted molar refractivity (Wildman–Crippen MR) is 108 cm³/mol. The number of carbonyl (C=O) groups excluding carboxylic acids is 2. The highest BCUT2D eigenvalue weighted by molar-refractivity contribution is 6.30. The summed E-state index contributed by atoms with van der Waals surface area (Å²) in [6, 6.07) is 7.33. The fraction of sp³-hybridized carbons (Fsp3) is 0.600. The highest BCUT2D eigenvalue weighted by Crippen LogP contribution is 2.21. The first kappa shape index (κ1) is 20.0. The van der Waals surface area contributed by atoms with Gasteiger partial charge in [0, 0.05) is 42.9 Å². The Morgan fingerprint density at radius 3 is 2.48 bits per heavy atom. The lowest BCUT2D eigenvalue weighted by molar-refractivity contribution is -0.124. The Morgan fingerprint density at radius 1 is 1.11 bits per heavy atom. The summed E-state index contributed by atoms with van der Waals surface area (Å²) in [7, 11) is 0. The van der Waals surface area contributed by atoms with Gasteiger partial charge in [0.15, 0.2) is 0 Å². The maximum Gasteiger partial charge on any atom is 0.321 e. The lowest BCUT2D eigenvalue weighted by Gasteiger charge is -2.38. The first-order valence-corrected chi connectivity index (χ1v) is 10.3. The Balaban J connectivity index is 1.44. The first-order valence-electron chi connectivity index (χ1n) is 9.89. The van der Waals surface area contributed by atoms with Crippen molar-refractivity contribution in [3.63, 3.8) is 0 Å². The number of nitrogens with one attached hydrogen (secondary N) is 2. The molecule has 0 radical (unpaired) electrons. The molecular weight excluding hydrogens is 364 g/mol. The van der Waals surface area contributed by atoms with E-state index in [0.29, 0.717) is 0 Å². The summed E-state index contributed by atoms with van der Waals surface area (Å²) in [5, 5.41) is 6.17. The number of benzene rings is 1. The molecule has 1 aliphatic heterocycles. The quantitative estimate of drug-likeness (QED) is 0.826. The molecule has 0 spiro atoms. The molecule has 27 heavy (non-hydrogen) atoms. The van der Waals surface area contributed by atoms with Gasteiger partial charge in [-0.3, -0.25) is 15.0 Å². The number of amides is 3. The zero-order valence-electron chi connectivity index (χ0n) is 15.9. The number of hydrogen-bond acceptors (Lipinski definition) is 4. The van der Waals surface area contributed by atoms with E-state index in [4.69, 9.17) is 11.6 Å². The monoisotopic (exact) mass is 392 g/mol. The lowest BCUT2D eigenvalue weighted by Crippen LogP contribution is -2.56. The number of hydrogen-bond donors (Lipinski definition) is 2. The molecule has 2 fully saturated rings. The molecule has 148 valence electrons. The fourth-order valence-corrected chi connectivity index (χ4v) is 4.08. The maximum absolute atomic E-state index is 12.4. The second-order valence-corrected chi connectivity index (χ2v) is 7.91. The molecule has 0 bridgehead atoms. The van der Waals surface area contributed by atoms with E-state index in [9.17, 15) is 9.59 Å². The highest BCUT2D eigenvalue weighted by Gasteiger charge is 2.27. The Hall–Kier alpha value is -1.79. The second-order valence-electron chi connectivity index (χ2n) is 7.48. The number of nitrogens with zero attached hydrogens (tertiary/aromatic N) is 2. The van der Waals surface area contributed by atoms with Crippen LogP contribution in [0.25, 0.3) is 0 Å². The maximum atomic E-state index is 12.4. The SMILES string of the molecule is C[C@H](C(=O)NC(=O)NC1CCCCC1)N1CCN(c2cccc(Cl)c2)CC1. The molecule has 1 aromatic rings. The molecule has 3 amide bonds. The van der Waals surface area contributed by atoms with Crippen molar-refractivity contribution in [2.45, 2.75) is 51.1 Å². The summed E-state index contributed by atoms with van der Waals surface area (Å²) in [5.74, 6) is -0.237. The van der Waals surface area contributed by atoms with Gasteiger partial charge in [0.1, 0.15) is 0 Å². The standard InChI is InChI=1S/C20H29ClN4O2/c1-15(19(26)23-20(27)22-17-7-3-2-4-8-17)24-10-12-25(13-11-24)18-9-5-6-16(21)14-18/h5-6,9,14-15,17H,2-4,7-8,10-13H2,1H3,(H2,22,23,26,27)/t15-/m1/s1. The van der Waals surface area contributed by atoms with E-state index in [2.05, 4.69) is 20.4 Å². The molecule has 7 heteroatoms. The largest absolute Gasteiger partial charge is 0.369 e. The summed E-state index contributed by atoms with van der Waals surface area (Å²) in [5.41, 5.74) is 1.10. The van der Waals surface area contributed by atoms with E-state index in [1.807, 2.05) is 31.2 Å². The van der Waals surface area contributed by atoms with Crippen molar-refractivity contribution in [1.29, 1.82) is 0 Å². The minimum absolute atomic E-state index is 0.197. The Morgan fingerprint density at radius 2 is 1.81 bits per heavy atom. The number of rotatable bonds is 4. The minimum atomic E-state index is -0.365. The van der Waals surface area contributed by atoms with E-state index in [0.717, 1.165) is 62.6 Å². The van der Waals surface area contributed by atoms with Crippen LogP contribution in [0.15, 0.2) is 24.3 Å². The number of halogens is 1. The third kappa shape index (κ3) is 5.59. The highest BCUT2D eigenvalue weighted by atomic mass is 35.5. The predicted octanol–water partition coefficient (Wildman–Crippen LogP) is 3.01. The summed E-state index contributed by atoms with van der Waals surface area (Å²) in [6.45, 7) is 5.05. The summed E-state index contributed by atoms with van der Waals surface area (Å²) >= 11 is 6.08. The molecule has 2 aliphatic rings. The Bertz CT molecular complexity index is 655. The summed E-state index contributed by atoms with van der Waals surface area (Å²) in [6.07, 6.45) is 5.53. The zero-order chi connectivity index (χ0) is 19.2. The number of piperazine rings is 1. The molecule has 1 aliphatic carbocycles. The zero-order valence-corrected chi connectivity index (χ0v) is 16.7. The van der Waals surface area contributed by atoms with Gasteiger partial charge < -0.3 is 10.2 Å². The normalized spacial score (nSPS) is 20.1. The van der Waals surface area contributed by atoms with E-state index in [-0.39, 0.29) is 24.0 Å². The Labute approximate surface area is 166 Å². The van der Waals surface area contributed by atoms with Gasteiger partial charge in [0.2, 0.25) is 5.91 Å². The van der Waals surface area contributed by atoms with Crippen LogP contribution >= 0.6 is 11.6 Å². The van der Waals surface area contributed by atoms with Crippen molar-refractivity contribution >= 4 is 29.2 Å². The van der Waals surface area contributed by atoms with E-state index in [1.54, 1.807) is 0 Å². The van der Waals surface area contributed by atoms with Gasteiger partial charge in [0.25, 0.3) is 0 Å². The lowest BCUT2D eigenvalue weighted by atomic mass is 9.96. The number of imide groups is 1. The molecule has 1 atom stereocenters. The number of anilines is 1. The van der Waals surface area contributed by atoms with Crippen molar-refractivity contribution in [2.24, 2.45) is 0 Å². The Kier molecular flexibility index (Phi) is 6.96. The van der Waals surface area contributed by atoms with Crippen LogP contribution in [0.4, 0.5) is 10.5 Å². The molecular formula is C20H29ClN4O2. The van der Waals surface area contributed by atoms with Crippen molar-refractivity contribution in [3.8, 4) is 0 Å². The molecule has 0 aromatic heterocycles. The molecule has 2 N–H and O–H groups in total. The average Bonchev–Trinajstić information content (AvgIpc) is 2.68. The van der Waals surface area contributed by atoms with E-state index < -0.39 is 0 Å². The van der Waals surface area contributed by atoms with Crippen LogP contribution in [0.2, 0.25) is 5.02 Å². The van der Waals surface area contributed by atoms with Crippen molar-refractivity contribution in [1.82, 2.24) is 15.5 Å². The van der Waals surface area contributed by atoms with E-state index in [1.165, 1.54) is 6.42 Å². The average molecular weight is 393 g/mol. The molecule has 1 saturated carbocycles. The second kappa shape index (κ2) is 9.42. The van der Waals surface area contributed by atoms with Crippen LogP contribution in [0, 0.1) is 0 Å². The summed E-state index contributed by atoms with van der Waals surface area (Å²) in [4.78, 5) is 28.9. The van der Waals surface area contributed by atoms with Crippen LogP contribution in [0.1, 0.15) is 39.0 Å². The number of carbonyl (C=O) groups is 2. The first-order chi connectivity index (χ1) is 13.0. The van der Waals surface area contributed by atoms with Crippen molar-refractivity contribution < 1.29 is 9.59 Å². The van der Waals surface area contributed by atoms with Crippen molar-refractivity contribution in [2.75, 3.05) is 31.1 Å². The number of urea groups is 1. The smallest absolute Gasteiger partial charge is 0.321 e. The van der Waals surface area contributed by atoms with Crippen LogP contribution in [-0.4, -0.2) is 55.1 Å². The van der Waals surface area contributed by atoms with Gasteiger partial charge in [-0.2, -0.15) is 0 Å². The van der Waals surface area contributed by atoms with Crippen LogP contribution in [0.3, 0.4) is 0 Å². The van der Waals surface area contributed by atoms with Gasteiger partial charge in [-0.25, -0.2) is 4.79 Å². The molecule has 1 heterocycles. The molecule has 1 saturated heterocycles. The van der Waals surface area contributed by atoms with Crippen LogP contribution in [-0.2, 0) is 4.79 Å². The van der Waals surface area contributed by atoms with Gasteiger partial charge >= 0.3 is 6.03 Å². The van der Waals surface area contributed by atoms with Crippen LogP contribution in [0.5, 0.6) is 0 Å². The van der Waals surface area contributed by atoms with Crippen LogP contribution < -0.4 is 15.5 Å². The summed E-state index contributed by atoms with van der Waals surface area (Å²) < 4.78 is 0. The third-order valence-corrected chi connectivity index (χ3v) is 5.83.